The van der Waals surface area contributed by atoms with Crippen LogP contribution in [0.1, 0.15) is 32.1 Å². The number of rotatable bonds is 3. The average molecular weight is 230 g/mol. The fourth-order valence-corrected chi connectivity index (χ4v) is 2.61. The number of aromatic nitrogens is 3. The van der Waals surface area contributed by atoms with Crippen LogP contribution in [-0.4, -0.2) is 21.7 Å². The Bertz CT molecular complexity index is 485. The van der Waals surface area contributed by atoms with Crippen LogP contribution in [0.5, 0.6) is 0 Å². The maximum Gasteiger partial charge on any atom is 0.174 e. The van der Waals surface area contributed by atoms with Gasteiger partial charge in [0.25, 0.3) is 0 Å². The van der Waals surface area contributed by atoms with Crippen LogP contribution in [-0.2, 0) is 0 Å². The highest BCUT2D eigenvalue weighted by molar-refractivity contribution is 5.85. The van der Waals surface area contributed by atoms with E-state index in [2.05, 4.69) is 20.5 Å². The lowest BCUT2D eigenvalue weighted by atomic mass is 9.89. The topological polar surface area (TPSA) is 53.6 Å². The second-order valence-corrected chi connectivity index (χ2v) is 4.86. The summed E-state index contributed by atoms with van der Waals surface area (Å²) in [5.74, 6) is 1.70. The minimum Gasteiger partial charge on any atom is -0.367 e. The number of H-pyrrole nitrogens is 1. The van der Waals surface area contributed by atoms with Gasteiger partial charge in [-0.3, -0.25) is 10.1 Å². The van der Waals surface area contributed by atoms with Crippen LogP contribution < -0.4 is 5.32 Å². The molecule has 0 atom stereocenters. The summed E-state index contributed by atoms with van der Waals surface area (Å²) in [5, 5.41) is 10.7. The number of anilines is 1. The highest BCUT2D eigenvalue weighted by Gasteiger charge is 2.14. The van der Waals surface area contributed by atoms with E-state index in [-0.39, 0.29) is 0 Å². The Morgan fingerprint density at radius 2 is 2.18 bits per heavy atom. The Morgan fingerprint density at radius 3 is 3.06 bits per heavy atom. The van der Waals surface area contributed by atoms with Crippen molar-refractivity contribution in [1.29, 1.82) is 0 Å². The van der Waals surface area contributed by atoms with Crippen LogP contribution >= 0.6 is 0 Å². The molecular formula is C13H18N4. The minimum absolute atomic E-state index is 0.805. The van der Waals surface area contributed by atoms with Crippen molar-refractivity contribution < 1.29 is 0 Å². The first kappa shape index (κ1) is 10.6. The molecule has 90 valence electrons. The van der Waals surface area contributed by atoms with Gasteiger partial charge in [0.2, 0.25) is 0 Å². The highest BCUT2D eigenvalue weighted by Crippen LogP contribution is 2.24. The quantitative estimate of drug-likeness (QED) is 0.852. The van der Waals surface area contributed by atoms with Gasteiger partial charge in [-0.2, -0.15) is 5.10 Å². The number of fused-ring (bicyclic) bond motifs is 1. The van der Waals surface area contributed by atoms with Gasteiger partial charge in [-0.1, -0.05) is 19.3 Å². The molecule has 1 fully saturated rings. The number of nitrogens with zero attached hydrogens (tertiary/aromatic N) is 2. The minimum atomic E-state index is 0.805. The molecular weight excluding hydrogens is 212 g/mol. The average Bonchev–Trinajstić information content (AvgIpc) is 2.81. The maximum atomic E-state index is 4.35. The molecule has 0 bridgehead atoms. The van der Waals surface area contributed by atoms with E-state index < -0.39 is 0 Å². The van der Waals surface area contributed by atoms with Crippen LogP contribution in [0.25, 0.3) is 11.0 Å². The van der Waals surface area contributed by atoms with Crippen LogP contribution in [0.2, 0.25) is 0 Å². The van der Waals surface area contributed by atoms with Crippen LogP contribution in [0.4, 0.5) is 5.82 Å². The van der Waals surface area contributed by atoms with Crippen molar-refractivity contribution in [3.05, 3.63) is 18.3 Å². The van der Waals surface area contributed by atoms with Crippen molar-refractivity contribution in [2.45, 2.75) is 32.1 Å². The molecule has 1 aliphatic rings. The standard InChI is InChI=1S/C13H18N4/c1-2-5-10(6-3-1)9-15-13-12-11(16-17-13)7-4-8-14-12/h4,7-8,10H,1-3,5-6,9H2,(H2,15,16,17). The van der Waals surface area contributed by atoms with Gasteiger partial charge in [-0.25, -0.2) is 0 Å². The number of nitrogens with one attached hydrogen (secondary N) is 2. The summed E-state index contributed by atoms with van der Waals surface area (Å²) < 4.78 is 0. The van der Waals surface area contributed by atoms with Crippen molar-refractivity contribution in [1.82, 2.24) is 15.2 Å². The van der Waals surface area contributed by atoms with Gasteiger partial charge in [0.05, 0.1) is 5.52 Å². The zero-order valence-electron chi connectivity index (χ0n) is 9.95. The molecule has 2 N–H and O–H groups in total. The molecule has 4 nitrogen and oxygen atoms in total. The van der Waals surface area contributed by atoms with E-state index in [0.29, 0.717) is 0 Å². The molecule has 0 amide bonds. The Labute approximate surface area is 101 Å². The molecule has 0 aromatic carbocycles. The first-order valence-corrected chi connectivity index (χ1v) is 6.46. The predicted molar refractivity (Wildman–Crippen MR) is 69.0 cm³/mol. The monoisotopic (exact) mass is 230 g/mol. The van der Waals surface area contributed by atoms with Crippen LogP contribution in [0.3, 0.4) is 0 Å². The van der Waals surface area contributed by atoms with E-state index >= 15 is 0 Å². The normalized spacial score (nSPS) is 17.4. The lowest BCUT2D eigenvalue weighted by molar-refractivity contribution is 0.373. The summed E-state index contributed by atoms with van der Waals surface area (Å²) >= 11 is 0. The molecule has 3 rings (SSSR count). The third-order valence-electron chi connectivity index (χ3n) is 3.60. The lowest BCUT2D eigenvalue weighted by Crippen LogP contribution is -2.17. The number of pyridine rings is 1. The fraction of sp³-hybridized carbons (Fsp3) is 0.538. The molecule has 0 unspecified atom stereocenters. The summed E-state index contributed by atoms with van der Waals surface area (Å²) in [6, 6.07) is 3.92. The summed E-state index contributed by atoms with van der Waals surface area (Å²) in [6.45, 7) is 1.02. The lowest BCUT2D eigenvalue weighted by Gasteiger charge is -2.21. The van der Waals surface area contributed by atoms with Crippen molar-refractivity contribution >= 4 is 16.9 Å². The van der Waals surface area contributed by atoms with Crippen LogP contribution in [0, 0.1) is 5.92 Å². The van der Waals surface area contributed by atoms with Gasteiger partial charge in [0, 0.05) is 12.7 Å². The van der Waals surface area contributed by atoms with Crippen molar-refractivity contribution in [2.24, 2.45) is 5.92 Å². The number of hydrogen-bond acceptors (Lipinski definition) is 3. The number of aromatic amines is 1. The molecule has 0 radical (unpaired) electrons. The van der Waals surface area contributed by atoms with E-state index in [0.717, 1.165) is 29.3 Å². The molecule has 2 aromatic rings. The Balaban J connectivity index is 1.68. The van der Waals surface area contributed by atoms with Crippen molar-refractivity contribution in [2.75, 3.05) is 11.9 Å². The van der Waals surface area contributed by atoms with Gasteiger partial charge in [0.15, 0.2) is 5.82 Å². The first-order chi connectivity index (χ1) is 8.43. The molecule has 0 aliphatic heterocycles. The predicted octanol–water partition coefficient (Wildman–Crippen LogP) is 2.95. The van der Waals surface area contributed by atoms with Crippen molar-refractivity contribution in [3.8, 4) is 0 Å². The van der Waals surface area contributed by atoms with Crippen molar-refractivity contribution in [3.63, 3.8) is 0 Å². The van der Waals surface area contributed by atoms with E-state index in [1.54, 1.807) is 0 Å². The summed E-state index contributed by atoms with van der Waals surface area (Å²) in [5.41, 5.74) is 1.95. The van der Waals surface area contributed by atoms with E-state index in [9.17, 15) is 0 Å². The summed E-state index contributed by atoms with van der Waals surface area (Å²) in [4.78, 5) is 4.35. The second kappa shape index (κ2) is 4.73. The molecule has 4 heteroatoms. The largest absolute Gasteiger partial charge is 0.367 e. The van der Waals surface area contributed by atoms with E-state index in [4.69, 9.17) is 0 Å². The second-order valence-electron chi connectivity index (χ2n) is 4.86. The SMILES string of the molecule is c1cnc2c(NCC3CCCCC3)n[nH]c2c1. The molecule has 0 spiro atoms. The van der Waals surface area contributed by atoms with Gasteiger partial charge >= 0.3 is 0 Å². The van der Waals surface area contributed by atoms with Crippen LogP contribution in [0.15, 0.2) is 18.3 Å². The van der Waals surface area contributed by atoms with E-state index in [1.165, 1.54) is 32.1 Å². The zero-order chi connectivity index (χ0) is 11.5. The Morgan fingerprint density at radius 1 is 1.29 bits per heavy atom. The first-order valence-electron chi connectivity index (χ1n) is 6.46. The highest BCUT2D eigenvalue weighted by atomic mass is 15.2. The zero-order valence-corrected chi connectivity index (χ0v) is 9.95. The molecule has 2 aromatic heterocycles. The van der Waals surface area contributed by atoms with Gasteiger partial charge in [-0.15, -0.1) is 0 Å². The smallest absolute Gasteiger partial charge is 0.174 e. The van der Waals surface area contributed by atoms with Gasteiger partial charge in [0.1, 0.15) is 5.52 Å². The fourth-order valence-electron chi connectivity index (χ4n) is 2.61. The Kier molecular flexibility index (Phi) is 2.94. The number of hydrogen-bond donors (Lipinski definition) is 2. The maximum absolute atomic E-state index is 4.35. The van der Waals surface area contributed by atoms with Gasteiger partial charge in [-0.05, 0) is 30.9 Å². The molecule has 0 saturated heterocycles. The third kappa shape index (κ3) is 2.25. The summed E-state index contributed by atoms with van der Waals surface area (Å²) in [6.07, 6.45) is 8.68. The Hall–Kier alpha value is -1.58. The third-order valence-corrected chi connectivity index (χ3v) is 3.60. The summed E-state index contributed by atoms with van der Waals surface area (Å²) in [7, 11) is 0. The molecule has 1 aliphatic carbocycles. The molecule has 2 heterocycles. The molecule has 17 heavy (non-hydrogen) atoms. The van der Waals surface area contributed by atoms with Gasteiger partial charge < -0.3 is 5.32 Å². The molecule has 1 saturated carbocycles. The van der Waals surface area contributed by atoms with E-state index in [1.807, 2.05) is 18.3 Å².